The Balaban J connectivity index is 2.06. The first kappa shape index (κ1) is 12.2. The maximum atomic E-state index is 13.1. The van der Waals surface area contributed by atoms with Crippen LogP contribution >= 0.6 is 0 Å². The van der Waals surface area contributed by atoms with Crippen molar-refractivity contribution in [2.45, 2.75) is 32.9 Å². The van der Waals surface area contributed by atoms with Gasteiger partial charge in [-0.1, -0.05) is 19.1 Å². The molecule has 0 amide bonds. The summed E-state index contributed by atoms with van der Waals surface area (Å²) in [6.45, 7) is 5.54. The molecule has 2 rings (SSSR count). The standard InChI is InChI=1S/C14H18FNO/c1-10-11(2)16(7-6-14(10)17)9-12-4-3-5-13(15)8-12/h3-5,8,10-11H,6-7,9H2,1-2H3. The molecule has 0 aliphatic carbocycles. The number of carbonyl (C=O) groups excluding carboxylic acids is 1. The van der Waals surface area contributed by atoms with Crippen LogP contribution < -0.4 is 0 Å². The molecule has 3 heteroatoms. The second-order valence-corrected chi connectivity index (χ2v) is 4.85. The van der Waals surface area contributed by atoms with Gasteiger partial charge in [0.25, 0.3) is 0 Å². The first-order valence-corrected chi connectivity index (χ1v) is 6.09. The Labute approximate surface area is 101 Å². The topological polar surface area (TPSA) is 20.3 Å². The van der Waals surface area contributed by atoms with Crippen molar-refractivity contribution in [3.63, 3.8) is 0 Å². The van der Waals surface area contributed by atoms with Crippen LogP contribution in [0.5, 0.6) is 0 Å². The number of hydrogen-bond donors (Lipinski definition) is 0. The Morgan fingerprint density at radius 2 is 2.18 bits per heavy atom. The molecule has 0 aromatic heterocycles. The number of likely N-dealkylation sites (tertiary alicyclic amines) is 1. The lowest BCUT2D eigenvalue weighted by Gasteiger charge is -2.36. The fraction of sp³-hybridized carbons (Fsp3) is 0.500. The van der Waals surface area contributed by atoms with Crippen molar-refractivity contribution < 1.29 is 9.18 Å². The highest BCUT2D eigenvalue weighted by Gasteiger charge is 2.30. The van der Waals surface area contributed by atoms with Gasteiger partial charge in [0, 0.05) is 31.5 Å². The molecule has 1 heterocycles. The minimum Gasteiger partial charge on any atom is -0.299 e. The second-order valence-electron chi connectivity index (χ2n) is 4.85. The molecule has 1 aromatic rings. The number of carbonyl (C=O) groups is 1. The van der Waals surface area contributed by atoms with Gasteiger partial charge in [0.15, 0.2) is 0 Å². The third-order valence-corrected chi connectivity index (χ3v) is 3.73. The van der Waals surface area contributed by atoms with Crippen molar-refractivity contribution in [2.75, 3.05) is 6.54 Å². The molecule has 1 fully saturated rings. The Bertz CT molecular complexity index is 418. The van der Waals surface area contributed by atoms with Gasteiger partial charge in [-0.15, -0.1) is 0 Å². The maximum absolute atomic E-state index is 13.1. The molecule has 0 N–H and O–H groups in total. The zero-order valence-electron chi connectivity index (χ0n) is 10.3. The number of nitrogens with zero attached hydrogens (tertiary/aromatic N) is 1. The highest BCUT2D eigenvalue weighted by molar-refractivity contribution is 5.82. The number of benzene rings is 1. The molecule has 0 radical (unpaired) electrons. The third-order valence-electron chi connectivity index (χ3n) is 3.73. The van der Waals surface area contributed by atoms with Crippen LogP contribution in [0.25, 0.3) is 0 Å². The van der Waals surface area contributed by atoms with Gasteiger partial charge < -0.3 is 0 Å². The number of hydrogen-bond acceptors (Lipinski definition) is 2. The van der Waals surface area contributed by atoms with E-state index < -0.39 is 0 Å². The largest absolute Gasteiger partial charge is 0.299 e. The maximum Gasteiger partial charge on any atom is 0.138 e. The molecule has 1 saturated heterocycles. The normalized spacial score (nSPS) is 26.2. The Morgan fingerprint density at radius 3 is 2.88 bits per heavy atom. The van der Waals surface area contributed by atoms with E-state index in [1.54, 1.807) is 12.1 Å². The van der Waals surface area contributed by atoms with Crippen molar-refractivity contribution in [2.24, 2.45) is 5.92 Å². The van der Waals surface area contributed by atoms with Gasteiger partial charge in [0.1, 0.15) is 11.6 Å². The summed E-state index contributed by atoms with van der Waals surface area (Å²) in [5, 5.41) is 0. The van der Waals surface area contributed by atoms with E-state index in [2.05, 4.69) is 11.8 Å². The number of rotatable bonds is 2. The summed E-state index contributed by atoms with van der Waals surface area (Å²) in [7, 11) is 0. The second kappa shape index (κ2) is 4.96. The van der Waals surface area contributed by atoms with E-state index in [1.807, 2.05) is 13.0 Å². The molecule has 0 bridgehead atoms. The Morgan fingerprint density at radius 1 is 1.41 bits per heavy atom. The van der Waals surface area contributed by atoms with Crippen LogP contribution in [0.4, 0.5) is 4.39 Å². The summed E-state index contributed by atoms with van der Waals surface area (Å²) in [4.78, 5) is 13.8. The third kappa shape index (κ3) is 2.72. The van der Waals surface area contributed by atoms with E-state index >= 15 is 0 Å². The Kier molecular flexibility index (Phi) is 3.57. The summed E-state index contributed by atoms with van der Waals surface area (Å²) in [5.41, 5.74) is 0.971. The van der Waals surface area contributed by atoms with Gasteiger partial charge in [-0.2, -0.15) is 0 Å². The molecule has 92 valence electrons. The first-order valence-electron chi connectivity index (χ1n) is 6.09. The van der Waals surface area contributed by atoms with Crippen LogP contribution in [-0.4, -0.2) is 23.3 Å². The van der Waals surface area contributed by atoms with Crippen molar-refractivity contribution in [3.05, 3.63) is 35.6 Å². The van der Waals surface area contributed by atoms with E-state index in [0.717, 1.165) is 18.7 Å². The van der Waals surface area contributed by atoms with Crippen LogP contribution in [-0.2, 0) is 11.3 Å². The summed E-state index contributed by atoms with van der Waals surface area (Å²) < 4.78 is 13.1. The molecular formula is C14H18FNO. The average molecular weight is 235 g/mol. The molecule has 2 nitrogen and oxygen atoms in total. The van der Waals surface area contributed by atoms with Gasteiger partial charge in [0.2, 0.25) is 0 Å². The molecule has 2 atom stereocenters. The van der Waals surface area contributed by atoms with Gasteiger partial charge in [-0.3, -0.25) is 9.69 Å². The minimum absolute atomic E-state index is 0.0808. The zero-order valence-corrected chi connectivity index (χ0v) is 10.3. The van der Waals surface area contributed by atoms with Crippen LogP contribution in [0, 0.1) is 11.7 Å². The van der Waals surface area contributed by atoms with E-state index in [0.29, 0.717) is 12.2 Å². The fourth-order valence-electron chi connectivity index (χ4n) is 2.36. The lowest BCUT2D eigenvalue weighted by molar-refractivity contribution is -0.128. The predicted octanol–water partition coefficient (Wildman–Crippen LogP) is 2.63. The van der Waals surface area contributed by atoms with Gasteiger partial charge >= 0.3 is 0 Å². The van der Waals surface area contributed by atoms with E-state index in [4.69, 9.17) is 0 Å². The molecule has 1 aliphatic heterocycles. The van der Waals surface area contributed by atoms with Crippen LogP contribution in [0.2, 0.25) is 0 Å². The van der Waals surface area contributed by atoms with E-state index in [-0.39, 0.29) is 17.8 Å². The highest BCUT2D eigenvalue weighted by atomic mass is 19.1. The van der Waals surface area contributed by atoms with Crippen molar-refractivity contribution in [1.82, 2.24) is 4.90 Å². The number of Topliss-reactive ketones (excluding diaryl/α,β-unsaturated/α-hetero) is 1. The summed E-state index contributed by atoms with van der Waals surface area (Å²) in [5.74, 6) is 0.224. The number of piperidine rings is 1. The SMILES string of the molecule is CC1C(=O)CCN(Cc2cccc(F)c2)C1C. The monoisotopic (exact) mass is 235 g/mol. The molecular weight excluding hydrogens is 217 g/mol. The van der Waals surface area contributed by atoms with Crippen LogP contribution in [0.1, 0.15) is 25.8 Å². The fourth-order valence-corrected chi connectivity index (χ4v) is 2.36. The summed E-state index contributed by atoms with van der Waals surface area (Å²) >= 11 is 0. The number of halogens is 1. The van der Waals surface area contributed by atoms with Crippen LogP contribution in [0.3, 0.4) is 0 Å². The lowest BCUT2D eigenvalue weighted by atomic mass is 9.90. The summed E-state index contributed by atoms with van der Waals surface area (Å²) in [6.07, 6.45) is 0.612. The first-order chi connectivity index (χ1) is 8.08. The van der Waals surface area contributed by atoms with Crippen molar-refractivity contribution in [1.29, 1.82) is 0 Å². The molecule has 1 aromatic carbocycles. The average Bonchev–Trinajstić information content (AvgIpc) is 2.30. The smallest absolute Gasteiger partial charge is 0.138 e. The Hall–Kier alpha value is -1.22. The molecule has 0 spiro atoms. The van der Waals surface area contributed by atoms with Gasteiger partial charge in [-0.05, 0) is 24.6 Å². The molecule has 1 aliphatic rings. The van der Waals surface area contributed by atoms with Crippen LogP contribution in [0.15, 0.2) is 24.3 Å². The lowest BCUT2D eigenvalue weighted by Crippen LogP contribution is -2.46. The van der Waals surface area contributed by atoms with Gasteiger partial charge in [0.05, 0.1) is 0 Å². The van der Waals surface area contributed by atoms with Crippen molar-refractivity contribution >= 4 is 5.78 Å². The number of ketones is 1. The van der Waals surface area contributed by atoms with Crippen molar-refractivity contribution in [3.8, 4) is 0 Å². The highest BCUT2D eigenvalue weighted by Crippen LogP contribution is 2.22. The molecule has 2 unspecified atom stereocenters. The molecule has 17 heavy (non-hydrogen) atoms. The molecule has 0 saturated carbocycles. The van der Waals surface area contributed by atoms with Gasteiger partial charge in [-0.25, -0.2) is 4.39 Å². The zero-order chi connectivity index (χ0) is 12.4. The summed E-state index contributed by atoms with van der Waals surface area (Å²) in [6, 6.07) is 6.91. The predicted molar refractivity (Wildman–Crippen MR) is 65.1 cm³/mol. The van der Waals surface area contributed by atoms with E-state index in [1.165, 1.54) is 6.07 Å². The minimum atomic E-state index is -0.198. The van der Waals surface area contributed by atoms with E-state index in [9.17, 15) is 9.18 Å². The quantitative estimate of drug-likeness (QED) is 0.785.